The quantitative estimate of drug-likeness (QED) is 0.580. The Balaban J connectivity index is 2.01. The van der Waals surface area contributed by atoms with Crippen LogP contribution in [0.15, 0.2) is 12.1 Å². The summed E-state index contributed by atoms with van der Waals surface area (Å²) in [6, 6.07) is 3.03. The number of nitrogen functional groups attached to an aromatic ring is 1. The van der Waals surface area contributed by atoms with Crippen molar-refractivity contribution in [2.24, 2.45) is 5.92 Å². The molecule has 94 valence electrons. The maximum absolute atomic E-state index is 13.4. The Bertz CT molecular complexity index is 414. The fraction of sp³-hybridized carbons (Fsp3) is 0.500. The summed E-state index contributed by atoms with van der Waals surface area (Å²) in [5.74, 6) is -0.0222. The number of hydrogen-bond acceptors (Lipinski definition) is 3. The van der Waals surface area contributed by atoms with Crippen LogP contribution < -0.4 is 11.1 Å². The molecule has 4 N–H and O–H groups in total. The first-order chi connectivity index (χ1) is 8.08. The van der Waals surface area contributed by atoms with Gasteiger partial charge in [-0.25, -0.2) is 4.39 Å². The largest absolute Gasteiger partial charge is 0.397 e. The van der Waals surface area contributed by atoms with Crippen molar-refractivity contribution in [3.63, 3.8) is 0 Å². The maximum Gasteiger partial charge on any atom is 0.138 e. The van der Waals surface area contributed by atoms with Gasteiger partial charge in [-0.1, -0.05) is 6.42 Å². The molecule has 0 spiro atoms. The zero-order valence-corrected chi connectivity index (χ0v) is 11.6. The molecule has 1 aromatic carbocycles. The van der Waals surface area contributed by atoms with Crippen molar-refractivity contribution < 1.29 is 9.50 Å². The second kappa shape index (κ2) is 5.39. The van der Waals surface area contributed by atoms with Crippen molar-refractivity contribution in [3.05, 3.63) is 21.5 Å². The van der Waals surface area contributed by atoms with Crippen LogP contribution in [0.1, 0.15) is 19.3 Å². The highest BCUT2D eigenvalue weighted by molar-refractivity contribution is 14.1. The second-order valence-electron chi connectivity index (χ2n) is 4.49. The van der Waals surface area contributed by atoms with Crippen LogP contribution >= 0.6 is 22.6 Å². The first kappa shape index (κ1) is 12.9. The summed E-state index contributed by atoms with van der Waals surface area (Å²) in [4.78, 5) is 0. The minimum Gasteiger partial charge on any atom is -0.397 e. The van der Waals surface area contributed by atoms with E-state index in [0.29, 0.717) is 21.5 Å². The Morgan fingerprint density at radius 3 is 2.88 bits per heavy atom. The van der Waals surface area contributed by atoms with E-state index >= 15 is 0 Å². The van der Waals surface area contributed by atoms with Gasteiger partial charge in [-0.05, 0) is 41.5 Å². The average molecular weight is 350 g/mol. The lowest BCUT2D eigenvalue weighted by atomic mass is 10.1. The zero-order valence-electron chi connectivity index (χ0n) is 9.42. The van der Waals surface area contributed by atoms with Crippen molar-refractivity contribution in [3.8, 4) is 0 Å². The maximum atomic E-state index is 13.4. The van der Waals surface area contributed by atoms with Gasteiger partial charge in [-0.15, -0.1) is 0 Å². The van der Waals surface area contributed by atoms with Gasteiger partial charge < -0.3 is 16.2 Å². The summed E-state index contributed by atoms with van der Waals surface area (Å²) < 4.78 is 13.9. The minimum atomic E-state index is -0.269. The lowest BCUT2D eigenvalue weighted by Crippen LogP contribution is -2.22. The topological polar surface area (TPSA) is 58.3 Å². The van der Waals surface area contributed by atoms with E-state index in [2.05, 4.69) is 5.32 Å². The molecule has 0 amide bonds. The lowest BCUT2D eigenvalue weighted by molar-refractivity contribution is 0.138. The molecule has 5 heteroatoms. The smallest absolute Gasteiger partial charge is 0.138 e. The molecule has 0 radical (unpaired) electrons. The third-order valence-corrected chi connectivity index (χ3v) is 4.09. The molecule has 0 heterocycles. The van der Waals surface area contributed by atoms with Gasteiger partial charge in [0.2, 0.25) is 0 Å². The Hall–Kier alpha value is -0.560. The Morgan fingerprint density at radius 1 is 1.47 bits per heavy atom. The molecule has 3 nitrogen and oxygen atoms in total. The summed E-state index contributed by atoms with van der Waals surface area (Å²) in [7, 11) is 0. The molecular weight excluding hydrogens is 334 g/mol. The summed E-state index contributed by atoms with van der Waals surface area (Å²) >= 11 is 1.91. The molecule has 0 saturated heterocycles. The van der Waals surface area contributed by atoms with Gasteiger partial charge in [0.05, 0.1) is 21.0 Å². The number of nitrogens with one attached hydrogen (secondary N) is 1. The fourth-order valence-corrected chi connectivity index (χ4v) is 2.70. The molecular formula is C12H16FIN2O. The average Bonchev–Trinajstić information content (AvgIpc) is 2.68. The van der Waals surface area contributed by atoms with Crippen LogP contribution in [0.3, 0.4) is 0 Å². The highest BCUT2D eigenvalue weighted by Gasteiger charge is 2.24. The number of halogens is 2. The normalized spacial score (nSPS) is 23.9. The van der Waals surface area contributed by atoms with Gasteiger partial charge in [0, 0.05) is 18.5 Å². The highest BCUT2D eigenvalue weighted by atomic mass is 127. The molecule has 0 aliphatic heterocycles. The first-order valence-corrected chi connectivity index (χ1v) is 6.82. The van der Waals surface area contributed by atoms with E-state index in [1.54, 1.807) is 6.07 Å². The van der Waals surface area contributed by atoms with Gasteiger partial charge in [0.15, 0.2) is 0 Å². The van der Waals surface area contributed by atoms with E-state index in [1.807, 2.05) is 22.6 Å². The summed E-state index contributed by atoms with van der Waals surface area (Å²) in [5, 5.41) is 12.8. The molecule has 1 aromatic rings. The number of anilines is 2. The fourth-order valence-electron chi connectivity index (χ4n) is 2.21. The highest BCUT2D eigenvalue weighted by Crippen LogP contribution is 2.28. The SMILES string of the molecule is Nc1cc(I)c(F)cc1NCC1CCCC1O. The number of aliphatic hydroxyl groups is 1. The van der Waals surface area contributed by atoms with E-state index < -0.39 is 0 Å². The van der Waals surface area contributed by atoms with E-state index in [1.165, 1.54) is 6.07 Å². The van der Waals surface area contributed by atoms with E-state index in [-0.39, 0.29) is 17.8 Å². The van der Waals surface area contributed by atoms with E-state index in [0.717, 1.165) is 19.3 Å². The number of aliphatic hydroxyl groups excluding tert-OH is 1. The van der Waals surface area contributed by atoms with Crippen LogP contribution in [0.5, 0.6) is 0 Å². The van der Waals surface area contributed by atoms with Crippen LogP contribution in [-0.4, -0.2) is 17.8 Å². The van der Waals surface area contributed by atoms with Gasteiger partial charge in [0.1, 0.15) is 5.82 Å². The third kappa shape index (κ3) is 3.01. The van der Waals surface area contributed by atoms with E-state index in [4.69, 9.17) is 5.73 Å². The molecule has 1 fully saturated rings. The molecule has 1 aliphatic rings. The second-order valence-corrected chi connectivity index (χ2v) is 5.65. The third-order valence-electron chi connectivity index (χ3n) is 3.27. The molecule has 2 rings (SSSR count). The van der Waals surface area contributed by atoms with Gasteiger partial charge in [-0.3, -0.25) is 0 Å². The Labute approximate surface area is 114 Å². The number of rotatable bonds is 3. The predicted molar refractivity (Wildman–Crippen MR) is 75.4 cm³/mol. The van der Waals surface area contributed by atoms with Crippen LogP contribution in [0.2, 0.25) is 0 Å². The first-order valence-electron chi connectivity index (χ1n) is 5.74. The van der Waals surface area contributed by atoms with Gasteiger partial charge in [-0.2, -0.15) is 0 Å². The van der Waals surface area contributed by atoms with E-state index in [9.17, 15) is 9.50 Å². The molecule has 17 heavy (non-hydrogen) atoms. The summed E-state index contributed by atoms with van der Waals surface area (Å²) in [6.07, 6.45) is 2.70. The zero-order chi connectivity index (χ0) is 12.4. The Morgan fingerprint density at radius 2 is 2.24 bits per heavy atom. The van der Waals surface area contributed by atoms with Crippen molar-refractivity contribution in [1.82, 2.24) is 0 Å². The lowest BCUT2D eigenvalue weighted by Gasteiger charge is -2.17. The monoisotopic (exact) mass is 350 g/mol. The van der Waals surface area contributed by atoms with Crippen LogP contribution in [0.4, 0.5) is 15.8 Å². The summed E-state index contributed by atoms with van der Waals surface area (Å²) in [5.41, 5.74) is 6.97. The Kier molecular flexibility index (Phi) is 4.09. The molecule has 1 saturated carbocycles. The molecule has 2 unspecified atom stereocenters. The number of hydrogen-bond donors (Lipinski definition) is 3. The molecule has 0 bridgehead atoms. The van der Waals surface area contributed by atoms with Crippen molar-refractivity contribution in [2.45, 2.75) is 25.4 Å². The molecule has 0 aromatic heterocycles. The number of nitrogens with two attached hydrogens (primary N) is 1. The van der Waals surface area contributed by atoms with Crippen molar-refractivity contribution in [2.75, 3.05) is 17.6 Å². The van der Waals surface area contributed by atoms with Gasteiger partial charge >= 0.3 is 0 Å². The summed E-state index contributed by atoms with van der Waals surface area (Å²) in [6.45, 7) is 0.644. The van der Waals surface area contributed by atoms with Gasteiger partial charge in [0.25, 0.3) is 0 Å². The van der Waals surface area contributed by atoms with Crippen LogP contribution in [0.25, 0.3) is 0 Å². The molecule has 2 atom stereocenters. The van der Waals surface area contributed by atoms with Crippen LogP contribution in [0, 0.1) is 15.3 Å². The van der Waals surface area contributed by atoms with Crippen molar-refractivity contribution in [1.29, 1.82) is 0 Å². The number of benzene rings is 1. The standard InChI is InChI=1S/C12H16FIN2O/c13-8-4-11(10(15)5-9(8)14)16-6-7-2-1-3-12(7)17/h4-5,7,12,16-17H,1-3,6,15H2. The van der Waals surface area contributed by atoms with Crippen molar-refractivity contribution >= 4 is 34.0 Å². The minimum absolute atomic E-state index is 0.239. The molecule has 1 aliphatic carbocycles. The van der Waals surface area contributed by atoms with Crippen LogP contribution in [-0.2, 0) is 0 Å². The predicted octanol–water partition coefficient (Wildman–Crippen LogP) is 2.59.